The standard InChI is InChI=1S/C11H17Cl2NS.C9H7N/c1-2-4-9(12)10(13)5-3-6-11-14-7-8-15-11;1-2-6-9-8(4-1)5-3-7-10-9/h7-10H,2-6H2,1H3;1-7H. The predicted molar refractivity (Wildman–Crippen MR) is 111 cm³/mol. The number of aryl methyl sites for hydroxylation is 1. The number of benzene rings is 1. The molecule has 2 unspecified atom stereocenters. The normalized spacial score (nSPS) is 13.1. The first-order valence-electron chi connectivity index (χ1n) is 8.67. The minimum Gasteiger partial charge on any atom is -0.256 e. The molecule has 25 heavy (non-hydrogen) atoms. The monoisotopic (exact) mass is 394 g/mol. The molecule has 134 valence electrons. The molecule has 0 saturated heterocycles. The molecule has 0 fully saturated rings. The second kappa shape index (κ2) is 11.5. The largest absolute Gasteiger partial charge is 0.256 e. The van der Waals surface area contributed by atoms with Gasteiger partial charge < -0.3 is 0 Å². The summed E-state index contributed by atoms with van der Waals surface area (Å²) in [5.74, 6) is 0. The fourth-order valence-corrected chi connectivity index (χ4v) is 3.77. The van der Waals surface area contributed by atoms with E-state index >= 15 is 0 Å². The van der Waals surface area contributed by atoms with Crippen molar-refractivity contribution < 1.29 is 0 Å². The van der Waals surface area contributed by atoms with Gasteiger partial charge in [-0.25, -0.2) is 4.98 Å². The van der Waals surface area contributed by atoms with Gasteiger partial charge in [-0.15, -0.1) is 34.5 Å². The SMILES string of the molecule is CCCC(Cl)C(Cl)CCCc1nccs1.c1ccc2ncccc2c1. The summed E-state index contributed by atoms with van der Waals surface area (Å²) in [6.45, 7) is 2.13. The Balaban J connectivity index is 0.000000194. The van der Waals surface area contributed by atoms with E-state index in [-0.39, 0.29) is 10.8 Å². The summed E-state index contributed by atoms with van der Waals surface area (Å²) in [7, 11) is 0. The third-order valence-corrected chi connectivity index (χ3v) is 5.84. The smallest absolute Gasteiger partial charge is 0.0924 e. The van der Waals surface area contributed by atoms with Crippen molar-refractivity contribution >= 4 is 45.4 Å². The molecule has 2 nitrogen and oxygen atoms in total. The van der Waals surface area contributed by atoms with Crippen LogP contribution in [0.25, 0.3) is 10.9 Å². The van der Waals surface area contributed by atoms with Gasteiger partial charge in [-0.2, -0.15) is 0 Å². The molecule has 1 aromatic carbocycles. The number of hydrogen-bond acceptors (Lipinski definition) is 3. The van der Waals surface area contributed by atoms with Crippen LogP contribution in [-0.2, 0) is 6.42 Å². The van der Waals surface area contributed by atoms with Crippen molar-refractivity contribution in [3.8, 4) is 0 Å². The number of rotatable bonds is 7. The maximum atomic E-state index is 6.20. The van der Waals surface area contributed by atoms with E-state index in [1.54, 1.807) is 11.3 Å². The molecule has 5 heteroatoms. The fourth-order valence-electron chi connectivity index (χ4n) is 2.48. The van der Waals surface area contributed by atoms with Crippen molar-refractivity contribution in [2.24, 2.45) is 0 Å². The third kappa shape index (κ3) is 7.31. The summed E-state index contributed by atoms with van der Waals surface area (Å²) in [6.07, 6.45) is 8.85. The molecule has 0 aliphatic heterocycles. The number of halogens is 2. The van der Waals surface area contributed by atoms with Crippen LogP contribution in [0.1, 0.15) is 37.6 Å². The van der Waals surface area contributed by atoms with Crippen LogP contribution in [0.4, 0.5) is 0 Å². The zero-order chi connectivity index (χ0) is 17.9. The number of aromatic nitrogens is 2. The van der Waals surface area contributed by atoms with Gasteiger partial charge in [0.15, 0.2) is 0 Å². The van der Waals surface area contributed by atoms with Crippen molar-refractivity contribution in [2.45, 2.75) is 49.8 Å². The molecule has 0 bridgehead atoms. The molecular formula is C20H24Cl2N2S. The topological polar surface area (TPSA) is 25.8 Å². The van der Waals surface area contributed by atoms with Gasteiger partial charge in [0.25, 0.3) is 0 Å². The molecular weight excluding hydrogens is 371 g/mol. The molecule has 0 amide bonds. The van der Waals surface area contributed by atoms with E-state index in [1.165, 1.54) is 10.4 Å². The van der Waals surface area contributed by atoms with Gasteiger partial charge in [-0.1, -0.05) is 37.6 Å². The highest BCUT2D eigenvalue weighted by molar-refractivity contribution is 7.09. The first-order valence-corrected chi connectivity index (χ1v) is 10.4. The molecule has 0 radical (unpaired) electrons. The highest BCUT2D eigenvalue weighted by Gasteiger charge is 2.15. The number of nitrogens with zero attached hydrogens (tertiary/aromatic N) is 2. The van der Waals surface area contributed by atoms with E-state index in [0.717, 1.165) is 37.6 Å². The van der Waals surface area contributed by atoms with Crippen LogP contribution >= 0.6 is 34.5 Å². The maximum Gasteiger partial charge on any atom is 0.0924 e. The van der Waals surface area contributed by atoms with E-state index in [9.17, 15) is 0 Å². The Morgan fingerprint density at radius 1 is 0.960 bits per heavy atom. The summed E-state index contributed by atoms with van der Waals surface area (Å²) >= 11 is 14.1. The number of pyridine rings is 1. The second-order valence-corrected chi connectivity index (χ2v) is 7.94. The van der Waals surface area contributed by atoms with E-state index in [1.807, 2.05) is 42.0 Å². The molecule has 0 saturated carbocycles. The first-order chi connectivity index (χ1) is 12.2. The highest BCUT2D eigenvalue weighted by Crippen LogP contribution is 2.21. The van der Waals surface area contributed by atoms with Crippen LogP contribution < -0.4 is 0 Å². The summed E-state index contributed by atoms with van der Waals surface area (Å²) in [5, 5.41) is 4.62. The van der Waals surface area contributed by atoms with Gasteiger partial charge in [0.2, 0.25) is 0 Å². The lowest BCUT2D eigenvalue weighted by Crippen LogP contribution is -2.14. The summed E-state index contributed by atoms with van der Waals surface area (Å²) in [6, 6.07) is 12.1. The van der Waals surface area contributed by atoms with Crippen molar-refractivity contribution in [3.63, 3.8) is 0 Å². The molecule has 2 aromatic heterocycles. The van der Waals surface area contributed by atoms with Crippen molar-refractivity contribution in [2.75, 3.05) is 0 Å². The van der Waals surface area contributed by atoms with Crippen LogP contribution in [0.5, 0.6) is 0 Å². The summed E-state index contributed by atoms with van der Waals surface area (Å²) in [5.41, 5.74) is 1.06. The zero-order valence-corrected chi connectivity index (χ0v) is 16.8. The quantitative estimate of drug-likeness (QED) is 0.415. The summed E-state index contributed by atoms with van der Waals surface area (Å²) < 4.78 is 0. The Bertz CT molecular complexity index is 653. The second-order valence-electron chi connectivity index (χ2n) is 5.83. The fraction of sp³-hybridized carbons (Fsp3) is 0.400. The van der Waals surface area contributed by atoms with Crippen molar-refractivity contribution in [1.29, 1.82) is 0 Å². The predicted octanol–water partition coefficient (Wildman–Crippen LogP) is 6.72. The van der Waals surface area contributed by atoms with E-state index in [0.29, 0.717) is 0 Å². The lowest BCUT2D eigenvalue weighted by Gasteiger charge is -2.14. The molecule has 3 aromatic rings. The maximum absolute atomic E-state index is 6.20. The van der Waals surface area contributed by atoms with Crippen molar-refractivity contribution in [1.82, 2.24) is 9.97 Å². The average Bonchev–Trinajstić information content (AvgIpc) is 3.16. The number of para-hydroxylation sites is 1. The lowest BCUT2D eigenvalue weighted by atomic mass is 10.1. The molecule has 0 aliphatic carbocycles. The van der Waals surface area contributed by atoms with Gasteiger partial charge in [0.05, 0.1) is 10.5 Å². The van der Waals surface area contributed by atoms with Crippen LogP contribution in [0, 0.1) is 0 Å². The highest BCUT2D eigenvalue weighted by atomic mass is 35.5. The number of alkyl halides is 2. The van der Waals surface area contributed by atoms with Gasteiger partial charge >= 0.3 is 0 Å². The van der Waals surface area contributed by atoms with Gasteiger partial charge in [0, 0.05) is 33.9 Å². The number of hydrogen-bond donors (Lipinski definition) is 0. The zero-order valence-electron chi connectivity index (χ0n) is 14.4. The molecule has 2 heterocycles. The van der Waals surface area contributed by atoms with Crippen LogP contribution in [0.2, 0.25) is 0 Å². The Morgan fingerprint density at radius 2 is 1.72 bits per heavy atom. The molecule has 2 atom stereocenters. The lowest BCUT2D eigenvalue weighted by molar-refractivity contribution is 0.621. The number of fused-ring (bicyclic) bond motifs is 1. The van der Waals surface area contributed by atoms with Crippen LogP contribution in [0.15, 0.2) is 54.2 Å². The minimum atomic E-state index is 0.103. The van der Waals surface area contributed by atoms with E-state index in [2.05, 4.69) is 29.0 Å². The van der Waals surface area contributed by atoms with E-state index < -0.39 is 0 Å². The van der Waals surface area contributed by atoms with Gasteiger partial charge in [-0.05, 0) is 37.8 Å². The molecule has 0 aliphatic rings. The summed E-state index contributed by atoms with van der Waals surface area (Å²) in [4.78, 5) is 8.42. The van der Waals surface area contributed by atoms with E-state index in [4.69, 9.17) is 23.2 Å². The Morgan fingerprint density at radius 3 is 2.44 bits per heavy atom. The Kier molecular flexibility index (Phi) is 9.23. The van der Waals surface area contributed by atoms with Crippen LogP contribution in [-0.4, -0.2) is 20.7 Å². The molecule has 0 N–H and O–H groups in total. The number of thiazole rings is 1. The first kappa shape index (κ1) is 20.2. The minimum absolute atomic E-state index is 0.103. The van der Waals surface area contributed by atoms with Gasteiger partial charge in [0.1, 0.15) is 0 Å². The Hall–Kier alpha value is -1.16. The third-order valence-electron chi connectivity index (χ3n) is 3.82. The molecule has 0 spiro atoms. The van der Waals surface area contributed by atoms with Crippen molar-refractivity contribution in [3.05, 3.63) is 59.2 Å². The average molecular weight is 395 g/mol. The Labute approximate surface area is 164 Å². The molecule has 3 rings (SSSR count). The van der Waals surface area contributed by atoms with Crippen LogP contribution in [0.3, 0.4) is 0 Å². The van der Waals surface area contributed by atoms with Gasteiger partial charge in [-0.3, -0.25) is 4.98 Å².